The Bertz CT molecular complexity index is 1890. The fourth-order valence-electron chi connectivity index (χ4n) is 5.02. The first-order valence-electron chi connectivity index (χ1n) is 12.7. The molecule has 0 saturated heterocycles. The van der Waals surface area contributed by atoms with E-state index in [9.17, 15) is 0 Å². The summed E-state index contributed by atoms with van der Waals surface area (Å²) in [5, 5.41) is 4.70. The van der Waals surface area contributed by atoms with Crippen molar-refractivity contribution in [3.05, 3.63) is 140 Å². The molecule has 178 valence electrons. The average Bonchev–Trinajstić information content (AvgIpc) is 3.01. The van der Waals surface area contributed by atoms with Gasteiger partial charge in [0.15, 0.2) is 17.5 Å². The molecule has 0 spiro atoms. The van der Waals surface area contributed by atoms with Crippen molar-refractivity contribution >= 4 is 21.5 Å². The van der Waals surface area contributed by atoms with Crippen LogP contribution in [0.25, 0.3) is 66.8 Å². The maximum absolute atomic E-state index is 5.04. The molecular formula is C35H23N3. The summed E-state index contributed by atoms with van der Waals surface area (Å²) < 4.78 is 0. The number of rotatable bonds is 4. The highest BCUT2D eigenvalue weighted by Crippen LogP contribution is 2.35. The van der Waals surface area contributed by atoms with E-state index >= 15 is 0 Å². The molecule has 0 aliphatic rings. The molecule has 0 bridgehead atoms. The van der Waals surface area contributed by atoms with Crippen LogP contribution in [-0.2, 0) is 0 Å². The van der Waals surface area contributed by atoms with Crippen LogP contribution >= 0.6 is 0 Å². The Hall–Kier alpha value is -5.15. The summed E-state index contributed by atoms with van der Waals surface area (Å²) in [7, 11) is 0. The zero-order valence-electron chi connectivity index (χ0n) is 20.6. The number of hydrogen-bond donors (Lipinski definition) is 0. The first-order chi connectivity index (χ1) is 18.8. The van der Waals surface area contributed by atoms with Gasteiger partial charge in [-0.1, -0.05) is 133 Å². The van der Waals surface area contributed by atoms with Crippen LogP contribution in [0, 0.1) is 0 Å². The highest BCUT2D eigenvalue weighted by molar-refractivity contribution is 6.13. The van der Waals surface area contributed by atoms with E-state index in [0.29, 0.717) is 17.5 Å². The summed E-state index contributed by atoms with van der Waals surface area (Å²) in [6.45, 7) is 0. The molecule has 0 aliphatic heterocycles. The van der Waals surface area contributed by atoms with E-state index in [1.165, 1.54) is 16.3 Å². The van der Waals surface area contributed by atoms with Crippen molar-refractivity contribution in [3.63, 3.8) is 0 Å². The first-order valence-corrected chi connectivity index (χ1v) is 12.7. The minimum atomic E-state index is 0.658. The lowest BCUT2D eigenvalue weighted by Crippen LogP contribution is -2.00. The Morgan fingerprint density at radius 2 is 0.763 bits per heavy atom. The second-order valence-electron chi connectivity index (χ2n) is 9.31. The predicted octanol–water partition coefficient (Wildman–Crippen LogP) is 8.85. The van der Waals surface area contributed by atoms with E-state index in [0.717, 1.165) is 33.0 Å². The van der Waals surface area contributed by atoms with Gasteiger partial charge in [-0.3, -0.25) is 0 Å². The van der Waals surface area contributed by atoms with Crippen molar-refractivity contribution in [2.45, 2.75) is 0 Å². The molecule has 7 aromatic rings. The number of aromatic nitrogens is 3. The zero-order valence-corrected chi connectivity index (χ0v) is 20.6. The minimum Gasteiger partial charge on any atom is -0.208 e. The summed E-state index contributed by atoms with van der Waals surface area (Å²) in [5.74, 6) is 1.99. The third-order valence-corrected chi connectivity index (χ3v) is 6.93. The maximum Gasteiger partial charge on any atom is 0.164 e. The Morgan fingerprint density at radius 3 is 1.45 bits per heavy atom. The van der Waals surface area contributed by atoms with Gasteiger partial charge in [0.2, 0.25) is 0 Å². The Labute approximate surface area is 221 Å². The van der Waals surface area contributed by atoms with Crippen LogP contribution in [0.5, 0.6) is 0 Å². The van der Waals surface area contributed by atoms with Crippen LogP contribution in [-0.4, -0.2) is 15.0 Å². The molecule has 0 fully saturated rings. The first kappa shape index (κ1) is 22.1. The van der Waals surface area contributed by atoms with Crippen LogP contribution in [0.4, 0.5) is 0 Å². The SMILES string of the molecule is c1ccc(-c2ccc(-c3nc(-c4ccccc4)nc(-c4cc5ccccc5c5ccccc45)n3)cc2)cc1. The van der Waals surface area contributed by atoms with Crippen LogP contribution in [0.3, 0.4) is 0 Å². The molecule has 3 nitrogen and oxygen atoms in total. The Balaban J connectivity index is 1.44. The van der Waals surface area contributed by atoms with Gasteiger partial charge < -0.3 is 0 Å². The summed E-state index contributed by atoms with van der Waals surface area (Å²) in [6, 6.07) is 48.1. The largest absolute Gasteiger partial charge is 0.208 e. The monoisotopic (exact) mass is 485 g/mol. The quantitative estimate of drug-likeness (QED) is 0.234. The standard InChI is InChI=1S/C35H23N3/c1-3-11-24(12-4-1)25-19-21-27(22-20-25)34-36-33(26-13-5-2-6-14-26)37-35(38-34)32-23-28-15-7-8-16-29(28)30-17-9-10-18-31(30)32/h1-23H. The number of nitrogens with zero attached hydrogens (tertiary/aromatic N) is 3. The molecule has 0 radical (unpaired) electrons. The fraction of sp³-hybridized carbons (Fsp3) is 0. The van der Waals surface area contributed by atoms with Crippen LogP contribution in [0.15, 0.2) is 140 Å². The lowest BCUT2D eigenvalue weighted by atomic mass is 9.97. The second-order valence-corrected chi connectivity index (χ2v) is 9.31. The van der Waals surface area contributed by atoms with Gasteiger partial charge >= 0.3 is 0 Å². The van der Waals surface area contributed by atoms with Gasteiger partial charge in [0.05, 0.1) is 0 Å². The number of hydrogen-bond acceptors (Lipinski definition) is 3. The van der Waals surface area contributed by atoms with E-state index in [-0.39, 0.29) is 0 Å². The average molecular weight is 486 g/mol. The molecule has 0 atom stereocenters. The molecule has 0 unspecified atom stereocenters. The minimum absolute atomic E-state index is 0.658. The van der Waals surface area contributed by atoms with E-state index in [1.54, 1.807) is 0 Å². The maximum atomic E-state index is 5.04. The lowest BCUT2D eigenvalue weighted by molar-refractivity contribution is 1.08. The van der Waals surface area contributed by atoms with E-state index in [1.807, 2.05) is 36.4 Å². The van der Waals surface area contributed by atoms with Crippen molar-refractivity contribution in [2.75, 3.05) is 0 Å². The zero-order chi connectivity index (χ0) is 25.3. The molecule has 1 heterocycles. The van der Waals surface area contributed by atoms with Crippen LogP contribution < -0.4 is 0 Å². The number of fused-ring (bicyclic) bond motifs is 3. The summed E-state index contributed by atoms with van der Waals surface area (Å²) in [5.41, 5.74) is 5.26. The van der Waals surface area contributed by atoms with Crippen molar-refractivity contribution < 1.29 is 0 Å². The molecule has 38 heavy (non-hydrogen) atoms. The van der Waals surface area contributed by atoms with Crippen LogP contribution in [0.2, 0.25) is 0 Å². The molecule has 0 amide bonds. The van der Waals surface area contributed by atoms with Crippen LogP contribution in [0.1, 0.15) is 0 Å². The smallest absolute Gasteiger partial charge is 0.164 e. The molecule has 0 saturated carbocycles. The molecule has 7 rings (SSSR count). The van der Waals surface area contributed by atoms with Crippen molar-refractivity contribution in [1.29, 1.82) is 0 Å². The fourth-order valence-corrected chi connectivity index (χ4v) is 5.02. The van der Waals surface area contributed by atoms with E-state index < -0.39 is 0 Å². The normalized spacial score (nSPS) is 11.2. The van der Waals surface area contributed by atoms with Gasteiger partial charge in [0, 0.05) is 16.7 Å². The van der Waals surface area contributed by atoms with E-state index in [4.69, 9.17) is 15.0 Å². The van der Waals surface area contributed by atoms with Crippen molar-refractivity contribution in [1.82, 2.24) is 15.0 Å². The van der Waals surface area contributed by atoms with Crippen molar-refractivity contribution in [3.8, 4) is 45.3 Å². The summed E-state index contributed by atoms with van der Waals surface area (Å²) in [4.78, 5) is 15.0. The third-order valence-electron chi connectivity index (χ3n) is 6.93. The van der Waals surface area contributed by atoms with Crippen molar-refractivity contribution in [2.24, 2.45) is 0 Å². The van der Waals surface area contributed by atoms with Gasteiger partial charge in [-0.05, 0) is 38.7 Å². The van der Waals surface area contributed by atoms with Gasteiger partial charge in [0.1, 0.15) is 0 Å². The van der Waals surface area contributed by atoms with Gasteiger partial charge in [0.25, 0.3) is 0 Å². The Kier molecular flexibility index (Phi) is 5.45. The molecule has 0 aliphatic carbocycles. The van der Waals surface area contributed by atoms with E-state index in [2.05, 4.69) is 103 Å². The summed E-state index contributed by atoms with van der Waals surface area (Å²) in [6.07, 6.45) is 0. The van der Waals surface area contributed by atoms with Gasteiger partial charge in [-0.25, -0.2) is 15.0 Å². The predicted molar refractivity (Wildman–Crippen MR) is 157 cm³/mol. The third kappa shape index (κ3) is 4.00. The van der Waals surface area contributed by atoms with Gasteiger partial charge in [-0.15, -0.1) is 0 Å². The lowest BCUT2D eigenvalue weighted by Gasteiger charge is -2.12. The molecular weight excluding hydrogens is 462 g/mol. The second kappa shape index (κ2) is 9.38. The van der Waals surface area contributed by atoms with Gasteiger partial charge in [-0.2, -0.15) is 0 Å². The molecule has 6 aromatic carbocycles. The molecule has 3 heteroatoms. The molecule has 1 aromatic heterocycles. The highest BCUT2D eigenvalue weighted by Gasteiger charge is 2.15. The topological polar surface area (TPSA) is 38.7 Å². The highest BCUT2D eigenvalue weighted by atomic mass is 15.0. The summed E-state index contributed by atoms with van der Waals surface area (Å²) >= 11 is 0. The Morgan fingerprint density at radius 1 is 0.316 bits per heavy atom. The number of benzene rings is 6. The molecule has 0 N–H and O–H groups in total.